The summed E-state index contributed by atoms with van der Waals surface area (Å²) in [5.74, 6) is 0. The number of hydrogen-bond donors (Lipinski definition) is 1. The third-order valence-electron chi connectivity index (χ3n) is 4.91. The summed E-state index contributed by atoms with van der Waals surface area (Å²) in [6.07, 6.45) is 3.79. The third kappa shape index (κ3) is 2.28. The van der Waals surface area contributed by atoms with Gasteiger partial charge in [-0.05, 0) is 44.0 Å². The van der Waals surface area contributed by atoms with Gasteiger partial charge >= 0.3 is 0 Å². The predicted molar refractivity (Wildman–Crippen MR) is 80.5 cm³/mol. The van der Waals surface area contributed by atoms with Crippen LogP contribution >= 0.6 is 0 Å². The van der Waals surface area contributed by atoms with Crippen molar-refractivity contribution in [2.24, 2.45) is 5.73 Å². The van der Waals surface area contributed by atoms with Crippen LogP contribution in [0.4, 0.5) is 5.69 Å². The van der Waals surface area contributed by atoms with Crippen LogP contribution in [0.5, 0.6) is 0 Å². The van der Waals surface area contributed by atoms with E-state index in [1.165, 1.54) is 19.3 Å². The van der Waals surface area contributed by atoms with Crippen molar-refractivity contribution in [3.05, 3.63) is 29.3 Å². The molecule has 2 aliphatic rings. The standard InChI is InChI=1S/C16H22N4/c1-19-14-3-4-15(19)11-20(7-6-14)16-5-2-12(9-17)8-13(16)10-18/h2,5,8,14-15H,3-4,6-7,9,11,17H2,1H3. The molecule has 2 N–H and O–H groups in total. The number of nitrogens with zero attached hydrogens (tertiary/aromatic N) is 3. The SMILES string of the molecule is CN1C2CCC1CN(c1ccc(CN)cc1C#N)CC2. The number of rotatable bonds is 2. The molecule has 4 nitrogen and oxygen atoms in total. The molecule has 2 fully saturated rings. The van der Waals surface area contributed by atoms with Gasteiger partial charge in [0.05, 0.1) is 11.3 Å². The van der Waals surface area contributed by atoms with Gasteiger partial charge in [0.2, 0.25) is 0 Å². The van der Waals surface area contributed by atoms with Gasteiger partial charge in [0.15, 0.2) is 0 Å². The fourth-order valence-electron chi connectivity index (χ4n) is 3.60. The molecule has 0 aromatic heterocycles. The fourth-order valence-corrected chi connectivity index (χ4v) is 3.60. The lowest BCUT2D eigenvalue weighted by molar-refractivity contribution is 0.254. The Morgan fingerprint density at radius 1 is 1.30 bits per heavy atom. The van der Waals surface area contributed by atoms with Crippen LogP contribution in [0.2, 0.25) is 0 Å². The lowest BCUT2D eigenvalue weighted by Crippen LogP contribution is -2.36. The summed E-state index contributed by atoms with van der Waals surface area (Å²) >= 11 is 0. The van der Waals surface area contributed by atoms with E-state index in [1.54, 1.807) is 0 Å². The molecular weight excluding hydrogens is 248 g/mol. The van der Waals surface area contributed by atoms with Crippen LogP contribution in [0.1, 0.15) is 30.4 Å². The van der Waals surface area contributed by atoms with Crippen LogP contribution in [-0.2, 0) is 6.54 Å². The molecule has 0 spiro atoms. The summed E-state index contributed by atoms with van der Waals surface area (Å²) in [6, 6.07) is 9.73. The normalized spacial score (nSPS) is 26.4. The Hall–Kier alpha value is -1.57. The topological polar surface area (TPSA) is 56.3 Å². The molecule has 4 heteroatoms. The molecule has 0 amide bonds. The summed E-state index contributed by atoms with van der Waals surface area (Å²) in [5.41, 5.74) is 8.52. The van der Waals surface area contributed by atoms with E-state index in [-0.39, 0.29) is 0 Å². The Morgan fingerprint density at radius 2 is 2.10 bits per heavy atom. The maximum Gasteiger partial charge on any atom is 0.101 e. The van der Waals surface area contributed by atoms with Crippen LogP contribution in [0.25, 0.3) is 0 Å². The second-order valence-corrected chi connectivity index (χ2v) is 5.95. The third-order valence-corrected chi connectivity index (χ3v) is 4.91. The Balaban J connectivity index is 1.88. The first-order valence-corrected chi connectivity index (χ1v) is 7.43. The zero-order valence-electron chi connectivity index (χ0n) is 12.0. The molecule has 2 saturated heterocycles. The minimum atomic E-state index is 0.488. The van der Waals surface area contributed by atoms with Crippen LogP contribution in [-0.4, -0.2) is 37.1 Å². The van der Waals surface area contributed by atoms with Gasteiger partial charge in [0, 0.05) is 31.7 Å². The molecule has 2 bridgehead atoms. The lowest BCUT2D eigenvalue weighted by atomic mass is 10.0. The van der Waals surface area contributed by atoms with Gasteiger partial charge in [-0.3, -0.25) is 4.90 Å². The number of nitriles is 1. The Labute approximate surface area is 120 Å². The summed E-state index contributed by atoms with van der Waals surface area (Å²) in [7, 11) is 2.24. The number of fused-ring (bicyclic) bond motifs is 2. The van der Waals surface area contributed by atoms with Gasteiger partial charge in [-0.25, -0.2) is 0 Å². The highest BCUT2D eigenvalue weighted by atomic mass is 15.3. The van der Waals surface area contributed by atoms with Crippen molar-refractivity contribution >= 4 is 5.69 Å². The molecule has 0 aliphatic carbocycles. The molecule has 106 valence electrons. The van der Waals surface area contributed by atoms with Gasteiger partial charge in [-0.15, -0.1) is 0 Å². The molecule has 1 aromatic rings. The smallest absolute Gasteiger partial charge is 0.101 e. The van der Waals surface area contributed by atoms with Crippen molar-refractivity contribution in [2.45, 2.75) is 37.9 Å². The largest absolute Gasteiger partial charge is 0.369 e. The first-order chi connectivity index (χ1) is 9.72. The number of likely N-dealkylation sites (N-methyl/N-ethyl adjacent to an activating group) is 1. The van der Waals surface area contributed by atoms with Crippen molar-refractivity contribution in [1.29, 1.82) is 5.26 Å². The number of anilines is 1. The first kappa shape index (κ1) is 13.4. The van der Waals surface area contributed by atoms with Crippen LogP contribution < -0.4 is 10.6 Å². The van der Waals surface area contributed by atoms with E-state index in [2.05, 4.69) is 29.0 Å². The molecule has 2 unspecified atom stereocenters. The van der Waals surface area contributed by atoms with E-state index in [0.29, 0.717) is 12.6 Å². The molecule has 2 heterocycles. The molecular formula is C16H22N4. The van der Waals surface area contributed by atoms with Crippen LogP contribution in [0.3, 0.4) is 0 Å². The van der Waals surface area contributed by atoms with Gasteiger partial charge in [0.25, 0.3) is 0 Å². The first-order valence-electron chi connectivity index (χ1n) is 7.43. The summed E-state index contributed by atoms with van der Waals surface area (Å²) < 4.78 is 0. The van der Waals surface area contributed by atoms with Crippen molar-refractivity contribution in [2.75, 3.05) is 25.0 Å². The molecule has 1 aromatic carbocycles. The molecule has 3 rings (SSSR count). The van der Waals surface area contributed by atoms with Gasteiger partial charge in [-0.1, -0.05) is 6.07 Å². The summed E-state index contributed by atoms with van der Waals surface area (Å²) in [4.78, 5) is 4.92. The number of benzene rings is 1. The van der Waals surface area contributed by atoms with Crippen LogP contribution in [0.15, 0.2) is 18.2 Å². The monoisotopic (exact) mass is 270 g/mol. The molecule has 20 heavy (non-hydrogen) atoms. The highest BCUT2D eigenvalue weighted by Gasteiger charge is 2.35. The Bertz CT molecular complexity index is 534. The zero-order chi connectivity index (χ0) is 14.1. The second kappa shape index (κ2) is 5.43. The number of hydrogen-bond acceptors (Lipinski definition) is 4. The quantitative estimate of drug-likeness (QED) is 0.888. The van der Waals surface area contributed by atoms with E-state index in [4.69, 9.17) is 5.73 Å². The number of nitrogens with two attached hydrogens (primary N) is 1. The van der Waals surface area contributed by atoms with Gasteiger partial charge in [-0.2, -0.15) is 5.26 Å². The minimum Gasteiger partial charge on any atom is -0.369 e. The van der Waals surface area contributed by atoms with Crippen molar-refractivity contribution in [3.63, 3.8) is 0 Å². The van der Waals surface area contributed by atoms with Crippen LogP contribution in [0, 0.1) is 11.3 Å². The highest BCUT2D eigenvalue weighted by Crippen LogP contribution is 2.32. The molecule has 0 saturated carbocycles. The van der Waals surface area contributed by atoms with Crippen molar-refractivity contribution in [3.8, 4) is 6.07 Å². The van der Waals surface area contributed by atoms with E-state index < -0.39 is 0 Å². The lowest BCUT2D eigenvalue weighted by Gasteiger charge is -2.28. The Morgan fingerprint density at radius 3 is 2.85 bits per heavy atom. The average Bonchev–Trinajstić information content (AvgIpc) is 2.72. The average molecular weight is 270 g/mol. The minimum absolute atomic E-state index is 0.488. The zero-order valence-corrected chi connectivity index (χ0v) is 12.0. The highest BCUT2D eigenvalue weighted by molar-refractivity contribution is 5.60. The second-order valence-electron chi connectivity index (χ2n) is 5.95. The van der Waals surface area contributed by atoms with Gasteiger partial charge < -0.3 is 10.6 Å². The molecule has 0 radical (unpaired) electrons. The Kier molecular flexibility index (Phi) is 3.64. The maximum atomic E-state index is 9.40. The van der Waals surface area contributed by atoms with Crippen molar-refractivity contribution < 1.29 is 0 Å². The van der Waals surface area contributed by atoms with E-state index in [1.807, 2.05) is 12.1 Å². The maximum absolute atomic E-state index is 9.40. The predicted octanol–water partition coefficient (Wildman–Crippen LogP) is 1.69. The van der Waals surface area contributed by atoms with Gasteiger partial charge in [0.1, 0.15) is 6.07 Å². The molecule has 2 aliphatic heterocycles. The van der Waals surface area contributed by atoms with Crippen molar-refractivity contribution in [1.82, 2.24) is 4.90 Å². The van der Waals surface area contributed by atoms with E-state index in [9.17, 15) is 5.26 Å². The fraction of sp³-hybridized carbons (Fsp3) is 0.562. The van der Waals surface area contributed by atoms with E-state index in [0.717, 1.165) is 35.9 Å². The summed E-state index contributed by atoms with van der Waals surface area (Å²) in [6.45, 7) is 2.56. The molecule has 2 atom stereocenters. The van der Waals surface area contributed by atoms with E-state index >= 15 is 0 Å². The summed E-state index contributed by atoms with van der Waals surface area (Å²) in [5, 5.41) is 9.40.